The maximum atomic E-state index is 11.8. The first kappa shape index (κ1) is 18.4. The summed E-state index contributed by atoms with van der Waals surface area (Å²) in [5.74, 6) is 0.131. The van der Waals surface area contributed by atoms with Gasteiger partial charge >= 0.3 is 0 Å². The van der Waals surface area contributed by atoms with E-state index in [0.29, 0.717) is 11.4 Å². The molecule has 3 rings (SSSR count). The number of benzene rings is 2. The number of nitrogens with zero attached hydrogens (tertiary/aromatic N) is 1. The molecule has 1 aliphatic heterocycles. The van der Waals surface area contributed by atoms with Gasteiger partial charge in [-0.05, 0) is 49.2 Å². The van der Waals surface area contributed by atoms with Gasteiger partial charge in [-0.3, -0.25) is 0 Å². The monoisotopic (exact) mass is 357 g/mol. The van der Waals surface area contributed by atoms with Gasteiger partial charge in [-0.1, -0.05) is 67.4 Å². The first-order valence-electron chi connectivity index (χ1n) is 9.32. The maximum Gasteiger partial charge on any atom is 0.0974 e. The first-order valence-corrected chi connectivity index (χ1v) is 9.70. The predicted molar refractivity (Wildman–Crippen MR) is 105 cm³/mol. The lowest BCUT2D eigenvalue weighted by Crippen LogP contribution is -2.44. The lowest BCUT2D eigenvalue weighted by atomic mass is 9.77. The van der Waals surface area contributed by atoms with E-state index in [9.17, 15) is 5.11 Å². The van der Waals surface area contributed by atoms with Gasteiger partial charge in [0, 0.05) is 23.9 Å². The van der Waals surface area contributed by atoms with Crippen molar-refractivity contribution < 1.29 is 5.11 Å². The molecule has 2 aromatic carbocycles. The van der Waals surface area contributed by atoms with Crippen LogP contribution >= 0.6 is 11.6 Å². The zero-order valence-electron chi connectivity index (χ0n) is 15.0. The van der Waals surface area contributed by atoms with Gasteiger partial charge in [-0.2, -0.15) is 0 Å². The van der Waals surface area contributed by atoms with Crippen molar-refractivity contribution in [3.63, 3.8) is 0 Å². The van der Waals surface area contributed by atoms with Gasteiger partial charge < -0.3 is 10.0 Å². The maximum absolute atomic E-state index is 11.8. The van der Waals surface area contributed by atoms with E-state index in [1.165, 1.54) is 19.3 Å². The molecule has 1 heterocycles. The largest absolute Gasteiger partial charge is 0.384 e. The third kappa shape index (κ3) is 4.63. The van der Waals surface area contributed by atoms with Crippen LogP contribution in [-0.2, 0) is 12.0 Å². The molecule has 25 heavy (non-hydrogen) atoms. The molecule has 0 bridgehead atoms. The molecule has 2 atom stereocenters. The highest BCUT2D eigenvalue weighted by molar-refractivity contribution is 6.30. The van der Waals surface area contributed by atoms with Crippen molar-refractivity contribution in [1.82, 2.24) is 4.90 Å². The van der Waals surface area contributed by atoms with Crippen molar-refractivity contribution >= 4 is 11.6 Å². The van der Waals surface area contributed by atoms with Crippen LogP contribution in [-0.4, -0.2) is 29.6 Å². The second kappa shape index (κ2) is 8.35. The van der Waals surface area contributed by atoms with E-state index in [0.717, 1.165) is 30.8 Å². The SMILES string of the molecule is CC(CN1CCCCC1)C(O)(Cc1ccccc1)c1ccc(Cl)cc1. The minimum Gasteiger partial charge on any atom is -0.384 e. The van der Waals surface area contributed by atoms with Gasteiger partial charge in [0.25, 0.3) is 0 Å². The smallest absolute Gasteiger partial charge is 0.0974 e. The number of likely N-dealkylation sites (tertiary alicyclic amines) is 1. The summed E-state index contributed by atoms with van der Waals surface area (Å²) in [6, 6.07) is 18.0. The first-order chi connectivity index (χ1) is 12.1. The molecule has 0 saturated carbocycles. The average molecular weight is 358 g/mol. The molecule has 0 spiro atoms. The molecule has 0 aliphatic carbocycles. The number of hydrogen-bond acceptors (Lipinski definition) is 2. The summed E-state index contributed by atoms with van der Waals surface area (Å²) >= 11 is 6.07. The van der Waals surface area contributed by atoms with E-state index < -0.39 is 5.60 Å². The van der Waals surface area contributed by atoms with Gasteiger partial charge in [-0.15, -0.1) is 0 Å². The molecule has 1 saturated heterocycles. The molecule has 2 unspecified atom stereocenters. The van der Waals surface area contributed by atoms with E-state index in [1.54, 1.807) is 0 Å². The van der Waals surface area contributed by atoms with Crippen molar-refractivity contribution in [2.24, 2.45) is 5.92 Å². The standard InChI is InChI=1S/C22H28ClNO/c1-18(17-24-14-6-3-7-15-24)22(25,16-19-8-4-2-5-9-19)20-10-12-21(23)13-11-20/h2,4-5,8-13,18,25H,3,6-7,14-17H2,1H3. The van der Waals surface area contributed by atoms with Crippen molar-refractivity contribution in [2.75, 3.05) is 19.6 Å². The van der Waals surface area contributed by atoms with Crippen molar-refractivity contribution in [3.05, 3.63) is 70.7 Å². The summed E-state index contributed by atoms with van der Waals surface area (Å²) in [4.78, 5) is 2.50. The van der Waals surface area contributed by atoms with E-state index in [2.05, 4.69) is 24.0 Å². The van der Waals surface area contributed by atoms with E-state index in [4.69, 9.17) is 11.6 Å². The number of halogens is 1. The second-order valence-corrected chi connectivity index (χ2v) is 7.79. The number of piperidine rings is 1. The molecule has 2 nitrogen and oxygen atoms in total. The van der Waals surface area contributed by atoms with E-state index >= 15 is 0 Å². The van der Waals surface area contributed by atoms with Crippen molar-refractivity contribution in [2.45, 2.75) is 38.2 Å². The van der Waals surface area contributed by atoms with Gasteiger partial charge in [0.05, 0.1) is 5.60 Å². The summed E-state index contributed by atoms with van der Waals surface area (Å²) in [5, 5.41) is 12.5. The summed E-state index contributed by atoms with van der Waals surface area (Å²) in [6.45, 7) is 5.39. The molecule has 0 radical (unpaired) electrons. The molecule has 1 fully saturated rings. The summed E-state index contributed by atoms with van der Waals surface area (Å²) in [6.07, 6.45) is 4.48. The van der Waals surface area contributed by atoms with Crippen LogP contribution in [0.5, 0.6) is 0 Å². The van der Waals surface area contributed by atoms with Gasteiger partial charge in [-0.25, -0.2) is 0 Å². The fraction of sp³-hybridized carbons (Fsp3) is 0.455. The van der Waals surface area contributed by atoms with Gasteiger partial charge in [0.1, 0.15) is 0 Å². The highest BCUT2D eigenvalue weighted by Gasteiger charge is 2.37. The number of aliphatic hydroxyl groups is 1. The Kier molecular flexibility index (Phi) is 6.16. The minimum atomic E-state index is -0.899. The average Bonchev–Trinajstić information content (AvgIpc) is 2.64. The Labute approximate surface area is 156 Å². The zero-order valence-corrected chi connectivity index (χ0v) is 15.8. The quantitative estimate of drug-likeness (QED) is 0.795. The topological polar surface area (TPSA) is 23.5 Å². The Morgan fingerprint density at radius 1 is 1.00 bits per heavy atom. The lowest BCUT2D eigenvalue weighted by molar-refractivity contribution is -0.0316. The third-order valence-corrected chi connectivity index (χ3v) is 5.71. The Balaban J connectivity index is 1.85. The minimum absolute atomic E-state index is 0.131. The van der Waals surface area contributed by atoms with Crippen molar-refractivity contribution in [3.8, 4) is 0 Å². The van der Waals surface area contributed by atoms with Crippen LogP contribution in [0.1, 0.15) is 37.3 Å². The fourth-order valence-corrected chi connectivity index (χ4v) is 4.01. The zero-order chi connectivity index (χ0) is 17.7. The molecule has 0 aromatic heterocycles. The number of rotatable bonds is 6. The van der Waals surface area contributed by atoms with Crippen LogP contribution < -0.4 is 0 Å². The molecule has 2 aromatic rings. The van der Waals surface area contributed by atoms with Crippen LogP contribution in [0.4, 0.5) is 0 Å². The summed E-state index contributed by atoms with van der Waals surface area (Å²) < 4.78 is 0. The second-order valence-electron chi connectivity index (χ2n) is 7.36. The Bertz CT molecular complexity index is 651. The molecule has 134 valence electrons. The van der Waals surface area contributed by atoms with Gasteiger partial charge in [0.2, 0.25) is 0 Å². The van der Waals surface area contributed by atoms with Crippen LogP contribution in [0.25, 0.3) is 0 Å². The Morgan fingerprint density at radius 2 is 1.64 bits per heavy atom. The molecule has 1 N–H and O–H groups in total. The fourth-order valence-electron chi connectivity index (χ4n) is 3.89. The molecule has 3 heteroatoms. The van der Waals surface area contributed by atoms with Crippen LogP contribution in [0.15, 0.2) is 54.6 Å². The van der Waals surface area contributed by atoms with E-state index in [1.807, 2.05) is 42.5 Å². The van der Waals surface area contributed by atoms with E-state index in [-0.39, 0.29) is 5.92 Å². The summed E-state index contributed by atoms with van der Waals surface area (Å²) in [5.41, 5.74) is 1.21. The molecular weight excluding hydrogens is 330 g/mol. The molecule has 0 amide bonds. The van der Waals surface area contributed by atoms with Gasteiger partial charge in [0.15, 0.2) is 0 Å². The highest BCUT2D eigenvalue weighted by Crippen LogP contribution is 2.35. The predicted octanol–water partition coefficient (Wildman–Crippen LogP) is 4.89. The van der Waals surface area contributed by atoms with Crippen LogP contribution in [0.2, 0.25) is 5.02 Å². The lowest BCUT2D eigenvalue weighted by Gasteiger charge is -2.39. The third-order valence-electron chi connectivity index (χ3n) is 5.46. The normalized spacial score (nSPS) is 19.3. The van der Waals surface area contributed by atoms with Crippen molar-refractivity contribution in [1.29, 1.82) is 0 Å². The Morgan fingerprint density at radius 3 is 2.28 bits per heavy atom. The molecular formula is C22H28ClNO. The van der Waals surface area contributed by atoms with Crippen LogP contribution in [0.3, 0.4) is 0 Å². The highest BCUT2D eigenvalue weighted by atomic mass is 35.5. The summed E-state index contributed by atoms with van der Waals surface area (Å²) in [7, 11) is 0. The number of hydrogen-bond donors (Lipinski definition) is 1. The van der Waals surface area contributed by atoms with Crippen LogP contribution in [0, 0.1) is 5.92 Å². The molecule has 1 aliphatic rings. The Hall–Kier alpha value is -1.35.